The van der Waals surface area contributed by atoms with E-state index in [0.29, 0.717) is 18.4 Å². The molecule has 2 heterocycles. The van der Waals surface area contributed by atoms with Crippen molar-refractivity contribution >= 4 is 0 Å². The van der Waals surface area contributed by atoms with Crippen LogP contribution in [0.5, 0.6) is 0 Å². The third kappa shape index (κ3) is 3.51. The number of likely N-dealkylation sites (N-methyl/N-ethyl adjacent to an activating group) is 1. The molecular formula is C15H26N4. The van der Waals surface area contributed by atoms with Gasteiger partial charge in [0.25, 0.3) is 0 Å². The Bertz CT molecular complexity index is 405. The largest absolute Gasteiger partial charge is 0.330 e. The van der Waals surface area contributed by atoms with Crippen molar-refractivity contribution in [2.75, 3.05) is 26.7 Å². The highest BCUT2D eigenvalue weighted by Gasteiger charge is 2.22. The van der Waals surface area contributed by atoms with Crippen LogP contribution in [0.25, 0.3) is 0 Å². The molecule has 19 heavy (non-hydrogen) atoms. The summed E-state index contributed by atoms with van der Waals surface area (Å²) in [5.41, 5.74) is 7.06. The van der Waals surface area contributed by atoms with Crippen LogP contribution in [0, 0.1) is 5.92 Å². The minimum absolute atomic E-state index is 0.265. The molecule has 0 aromatic carbocycles. The Kier molecular flexibility index (Phi) is 4.88. The number of hydrogen-bond donors (Lipinski definition) is 1. The fourth-order valence-electron chi connectivity index (χ4n) is 2.88. The van der Waals surface area contributed by atoms with Gasteiger partial charge in [0.15, 0.2) is 0 Å². The summed E-state index contributed by atoms with van der Waals surface area (Å²) < 4.78 is 0. The predicted octanol–water partition coefficient (Wildman–Crippen LogP) is 1.98. The molecule has 0 radical (unpaired) electrons. The van der Waals surface area contributed by atoms with Crippen LogP contribution in [0.3, 0.4) is 0 Å². The molecule has 1 aromatic heterocycles. The van der Waals surface area contributed by atoms with Crippen molar-refractivity contribution in [1.29, 1.82) is 0 Å². The van der Waals surface area contributed by atoms with Gasteiger partial charge < -0.3 is 10.6 Å². The third-order valence-corrected chi connectivity index (χ3v) is 4.13. The van der Waals surface area contributed by atoms with Crippen molar-refractivity contribution in [3.05, 3.63) is 23.8 Å². The Balaban J connectivity index is 2.18. The lowest BCUT2D eigenvalue weighted by Gasteiger charge is -2.29. The number of nitrogens with zero attached hydrogens (tertiary/aromatic N) is 3. The van der Waals surface area contributed by atoms with Crippen molar-refractivity contribution in [2.24, 2.45) is 11.7 Å². The first-order valence-corrected chi connectivity index (χ1v) is 7.33. The number of hydrogen-bond acceptors (Lipinski definition) is 4. The summed E-state index contributed by atoms with van der Waals surface area (Å²) in [6.07, 6.45) is 4.39. The first-order valence-electron chi connectivity index (χ1n) is 7.33. The monoisotopic (exact) mass is 262 g/mol. The lowest BCUT2D eigenvalue weighted by atomic mass is 9.93. The van der Waals surface area contributed by atoms with Crippen LogP contribution < -0.4 is 5.73 Å². The van der Waals surface area contributed by atoms with Gasteiger partial charge in [0.1, 0.15) is 5.82 Å². The second-order valence-electron chi connectivity index (χ2n) is 6.03. The van der Waals surface area contributed by atoms with Gasteiger partial charge in [0.2, 0.25) is 0 Å². The maximum absolute atomic E-state index is 5.87. The van der Waals surface area contributed by atoms with E-state index in [2.05, 4.69) is 36.8 Å². The zero-order valence-corrected chi connectivity index (χ0v) is 12.3. The molecule has 2 N–H and O–H groups in total. The number of rotatable bonds is 4. The van der Waals surface area contributed by atoms with Gasteiger partial charge in [-0.05, 0) is 38.4 Å². The Labute approximate surface area is 116 Å². The summed E-state index contributed by atoms with van der Waals surface area (Å²) in [7, 11) is 2.19. The fourth-order valence-corrected chi connectivity index (χ4v) is 2.88. The van der Waals surface area contributed by atoms with Gasteiger partial charge in [-0.25, -0.2) is 9.97 Å². The van der Waals surface area contributed by atoms with Crippen LogP contribution >= 0.6 is 0 Å². The molecule has 1 aromatic rings. The minimum Gasteiger partial charge on any atom is -0.330 e. The van der Waals surface area contributed by atoms with Gasteiger partial charge in [-0.3, -0.25) is 0 Å². The zero-order valence-electron chi connectivity index (χ0n) is 12.3. The standard InChI is InChI=1S/C15H26N4/c1-11(2)13(9-16)15-17-7-6-14(18-15)12-5-4-8-19(3)10-12/h6-7,11-13H,4-5,8-10,16H2,1-3H3. The van der Waals surface area contributed by atoms with E-state index >= 15 is 0 Å². The summed E-state index contributed by atoms with van der Waals surface area (Å²) in [6, 6.07) is 2.07. The molecule has 1 fully saturated rings. The van der Waals surface area contributed by atoms with E-state index in [4.69, 9.17) is 10.7 Å². The molecule has 0 amide bonds. The average Bonchev–Trinajstić information content (AvgIpc) is 2.39. The maximum Gasteiger partial charge on any atom is 0.133 e. The van der Waals surface area contributed by atoms with Gasteiger partial charge in [-0.1, -0.05) is 13.8 Å². The highest BCUT2D eigenvalue weighted by Crippen LogP contribution is 2.26. The van der Waals surface area contributed by atoms with Crippen LogP contribution in [0.1, 0.15) is 50.0 Å². The maximum atomic E-state index is 5.87. The van der Waals surface area contributed by atoms with E-state index in [1.165, 1.54) is 25.1 Å². The summed E-state index contributed by atoms with van der Waals surface area (Å²) in [4.78, 5) is 11.6. The number of piperidine rings is 1. The molecule has 0 aliphatic carbocycles. The lowest BCUT2D eigenvalue weighted by Crippen LogP contribution is -2.31. The first-order chi connectivity index (χ1) is 9.11. The zero-order chi connectivity index (χ0) is 13.8. The highest BCUT2D eigenvalue weighted by molar-refractivity contribution is 5.12. The molecule has 1 saturated heterocycles. The van der Waals surface area contributed by atoms with Gasteiger partial charge in [0.05, 0.1) is 0 Å². The van der Waals surface area contributed by atoms with Crippen LogP contribution in [0.2, 0.25) is 0 Å². The molecule has 2 atom stereocenters. The van der Waals surface area contributed by atoms with E-state index in [-0.39, 0.29) is 5.92 Å². The van der Waals surface area contributed by atoms with Gasteiger partial charge in [-0.15, -0.1) is 0 Å². The van der Waals surface area contributed by atoms with Gasteiger partial charge in [-0.2, -0.15) is 0 Å². The normalized spacial score (nSPS) is 22.7. The molecule has 106 valence electrons. The highest BCUT2D eigenvalue weighted by atomic mass is 15.1. The van der Waals surface area contributed by atoms with Gasteiger partial charge in [0, 0.05) is 36.8 Å². The Morgan fingerprint density at radius 1 is 1.47 bits per heavy atom. The van der Waals surface area contributed by atoms with Crippen LogP contribution in [0.15, 0.2) is 12.3 Å². The summed E-state index contributed by atoms with van der Waals surface area (Å²) in [6.45, 7) is 7.28. The molecule has 4 nitrogen and oxygen atoms in total. The SMILES string of the molecule is CC(C)C(CN)c1nccc(C2CCCN(C)C2)n1. The number of nitrogens with two attached hydrogens (primary N) is 1. The van der Waals surface area contributed by atoms with E-state index in [1.54, 1.807) is 0 Å². The second kappa shape index (κ2) is 6.44. The van der Waals surface area contributed by atoms with E-state index in [1.807, 2.05) is 6.20 Å². The van der Waals surface area contributed by atoms with Crippen molar-refractivity contribution in [3.63, 3.8) is 0 Å². The van der Waals surface area contributed by atoms with Crippen molar-refractivity contribution in [2.45, 2.75) is 38.5 Å². The predicted molar refractivity (Wildman–Crippen MR) is 78.1 cm³/mol. The Morgan fingerprint density at radius 3 is 2.89 bits per heavy atom. The lowest BCUT2D eigenvalue weighted by molar-refractivity contribution is 0.248. The van der Waals surface area contributed by atoms with Crippen molar-refractivity contribution < 1.29 is 0 Å². The average molecular weight is 262 g/mol. The number of likely N-dealkylation sites (tertiary alicyclic amines) is 1. The molecule has 1 aliphatic rings. The fraction of sp³-hybridized carbons (Fsp3) is 0.733. The van der Waals surface area contributed by atoms with Crippen molar-refractivity contribution in [3.8, 4) is 0 Å². The quantitative estimate of drug-likeness (QED) is 0.901. The molecular weight excluding hydrogens is 236 g/mol. The summed E-state index contributed by atoms with van der Waals surface area (Å²) >= 11 is 0. The molecule has 1 aliphatic heterocycles. The van der Waals surface area contributed by atoms with Crippen molar-refractivity contribution in [1.82, 2.24) is 14.9 Å². The molecule has 0 spiro atoms. The van der Waals surface area contributed by atoms with E-state index in [9.17, 15) is 0 Å². The van der Waals surface area contributed by atoms with E-state index < -0.39 is 0 Å². The molecule has 0 saturated carbocycles. The van der Waals surface area contributed by atoms with Crippen LogP contribution in [-0.4, -0.2) is 41.5 Å². The molecule has 2 rings (SSSR count). The molecule has 2 unspecified atom stereocenters. The summed E-state index contributed by atoms with van der Waals surface area (Å²) in [5, 5.41) is 0. The van der Waals surface area contributed by atoms with E-state index in [0.717, 1.165) is 12.4 Å². The molecule has 0 bridgehead atoms. The smallest absolute Gasteiger partial charge is 0.133 e. The molecule has 4 heteroatoms. The Morgan fingerprint density at radius 2 is 2.26 bits per heavy atom. The summed E-state index contributed by atoms with van der Waals surface area (Å²) in [5.74, 6) is 2.21. The minimum atomic E-state index is 0.265. The Hall–Kier alpha value is -1.00. The van der Waals surface area contributed by atoms with Crippen LogP contribution in [0.4, 0.5) is 0 Å². The number of aromatic nitrogens is 2. The van der Waals surface area contributed by atoms with Crippen LogP contribution in [-0.2, 0) is 0 Å². The third-order valence-electron chi connectivity index (χ3n) is 4.13. The van der Waals surface area contributed by atoms with Gasteiger partial charge >= 0.3 is 0 Å². The second-order valence-corrected chi connectivity index (χ2v) is 6.03. The topological polar surface area (TPSA) is 55.0 Å². The first kappa shape index (κ1) is 14.4.